The number of para-hydroxylation sites is 2. The van der Waals surface area contributed by atoms with Crippen LogP contribution in [0, 0.1) is 0 Å². The topological polar surface area (TPSA) is 48.4 Å². The maximum Gasteiger partial charge on any atom is 0.197 e. The summed E-state index contributed by atoms with van der Waals surface area (Å²) in [5.74, 6) is 0. The fraction of sp³-hybridized carbons (Fsp3) is 0.132. The lowest BCUT2D eigenvalue weighted by Crippen LogP contribution is -2.18. The fourth-order valence-corrected chi connectivity index (χ4v) is 10.00. The number of fused-ring (bicyclic) bond motifs is 12. The van der Waals surface area contributed by atoms with E-state index in [2.05, 4.69) is 168 Å². The van der Waals surface area contributed by atoms with Crippen LogP contribution in [0.1, 0.15) is 61.6 Å². The minimum Gasteiger partial charge on any atom is -0.309 e. The van der Waals surface area contributed by atoms with E-state index in [4.69, 9.17) is 0 Å². The van der Waals surface area contributed by atoms with E-state index in [1.54, 1.807) is 0 Å². The van der Waals surface area contributed by atoms with Crippen LogP contribution >= 0.6 is 0 Å². The molecular weight excluding hydrogens is 711 g/mol. The van der Waals surface area contributed by atoms with Crippen molar-refractivity contribution < 1.29 is 0 Å². The smallest absolute Gasteiger partial charge is 0.197 e. The summed E-state index contributed by atoms with van der Waals surface area (Å²) in [4.78, 5) is 30.0. The number of nitrogens with zero attached hydrogens (tertiary/aromatic N) is 3. The van der Waals surface area contributed by atoms with Gasteiger partial charge in [0.15, 0.2) is 10.9 Å². The van der Waals surface area contributed by atoms with E-state index in [1.807, 2.05) is 12.1 Å². The summed E-state index contributed by atoms with van der Waals surface area (Å²) < 4.78 is 6.75. The highest BCUT2D eigenvalue weighted by molar-refractivity contribution is 6.14. The molecule has 278 valence electrons. The molecule has 0 bridgehead atoms. The molecule has 0 spiro atoms. The molecule has 0 atom stereocenters. The number of benzene rings is 6. The Morgan fingerprint density at radius 1 is 0.517 bits per heavy atom. The average Bonchev–Trinajstić information content (AvgIpc) is 3.63. The van der Waals surface area contributed by atoms with Gasteiger partial charge in [-0.25, -0.2) is 0 Å². The Kier molecular flexibility index (Phi) is 6.74. The first-order valence-corrected chi connectivity index (χ1v) is 20.3. The van der Waals surface area contributed by atoms with Crippen LogP contribution in [0.4, 0.5) is 0 Å². The molecule has 6 aromatic carbocycles. The number of hydrogen-bond acceptors (Lipinski definition) is 2. The van der Waals surface area contributed by atoms with Gasteiger partial charge in [-0.15, -0.1) is 0 Å². The van der Waals surface area contributed by atoms with E-state index in [0.29, 0.717) is 27.1 Å². The molecule has 4 aromatic heterocycles. The maximum atomic E-state index is 15.0. The Hall–Kier alpha value is -6.98. The van der Waals surface area contributed by atoms with Gasteiger partial charge >= 0.3 is 0 Å². The van der Waals surface area contributed by atoms with Crippen molar-refractivity contribution in [2.45, 2.75) is 45.4 Å². The summed E-state index contributed by atoms with van der Waals surface area (Å²) in [7, 11) is 0. The summed E-state index contributed by atoms with van der Waals surface area (Å²) in [6.45, 7) is 6.41. The van der Waals surface area contributed by atoms with Gasteiger partial charge in [-0.1, -0.05) is 93.6 Å². The molecule has 12 rings (SSSR count). The molecule has 0 saturated heterocycles. The monoisotopic (exact) mass is 749 g/mol. The van der Waals surface area contributed by atoms with E-state index in [9.17, 15) is 4.79 Å². The van der Waals surface area contributed by atoms with Gasteiger partial charge < -0.3 is 13.5 Å². The number of pyridine rings is 2. The van der Waals surface area contributed by atoms with Crippen molar-refractivity contribution in [3.63, 3.8) is 0 Å². The average molecular weight is 750 g/mol. The molecule has 5 nitrogen and oxygen atoms in total. The maximum absolute atomic E-state index is 15.0. The third-order valence-electron chi connectivity index (χ3n) is 12.8. The highest BCUT2D eigenvalue weighted by Crippen LogP contribution is 2.40. The fourth-order valence-electron chi connectivity index (χ4n) is 10.00. The van der Waals surface area contributed by atoms with Crippen LogP contribution < -0.4 is 10.9 Å². The predicted molar refractivity (Wildman–Crippen MR) is 244 cm³/mol. The first-order valence-electron chi connectivity index (χ1n) is 20.3. The van der Waals surface area contributed by atoms with Gasteiger partial charge in [0.2, 0.25) is 0 Å². The molecular formula is C53H39N3O2. The van der Waals surface area contributed by atoms with Gasteiger partial charge in [-0.3, -0.25) is 9.59 Å². The van der Waals surface area contributed by atoms with Gasteiger partial charge in [-0.05, 0) is 114 Å². The normalized spacial score (nSPS) is 14.2. The SMILES string of the molecule is CC(C)(C)c1cc2c(=O)c3cc(-n4c5c(c6ccccc64)C=CCC=C5)ccc3n3c4ccc(-n5c6ccccc6c6c7c(ccc65)CCC=C7)cc4c(=O)c(c1)c23. The first-order chi connectivity index (χ1) is 28.3. The summed E-state index contributed by atoms with van der Waals surface area (Å²) in [5, 5.41) is 5.99. The molecule has 2 aliphatic rings. The molecule has 0 aliphatic heterocycles. The van der Waals surface area contributed by atoms with Crippen molar-refractivity contribution in [2.75, 3.05) is 0 Å². The van der Waals surface area contributed by atoms with Crippen molar-refractivity contribution in [3.8, 4) is 11.4 Å². The number of allylic oxidation sites excluding steroid dienone is 3. The van der Waals surface area contributed by atoms with Crippen molar-refractivity contribution in [1.29, 1.82) is 0 Å². The predicted octanol–water partition coefficient (Wildman–Crippen LogP) is 12.3. The van der Waals surface area contributed by atoms with Crippen molar-refractivity contribution in [2.24, 2.45) is 0 Å². The van der Waals surface area contributed by atoms with E-state index in [-0.39, 0.29) is 16.3 Å². The standard InChI is InChI=1S/C53H39N3O2/c1-53(2,3)32-27-41-50-42(28-32)52(58)40-30-34(55-45-20-12-10-17-38(45)49-35-14-8-7-13-31(35)21-24-48(49)55)23-26-47(40)56(50)46-25-22-33(29-39(46)51(41)57)54-43-18-6-4-5-15-36(43)37-16-9-11-19-44(37)54/h5-6,8-12,14-30H,4,7,13H2,1-3H3. The Labute approximate surface area is 334 Å². The Bertz CT molecular complexity index is 3670. The van der Waals surface area contributed by atoms with Crippen LogP contribution in [0.2, 0.25) is 0 Å². The van der Waals surface area contributed by atoms with Gasteiger partial charge in [0, 0.05) is 54.6 Å². The second kappa shape index (κ2) is 11.8. The van der Waals surface area contributed by atoms with E-state index in [1.165, 1.54) is 32.8 Å². The number of hydrogen-bond donors (Lipinski definition) is 0. The highest BCUT2D eigenvalue weighted by atomic mass is 16.1. The van der Waals surface area contributed by atoms with Crippen LogP contribution in [-0.2, 0) is 11.8 Å². The Balaban J connectivity index is 1.19. The molecule has 0 saturated carbocycles. The second-order valence-electron chi connectivity index (χ2n) is 17.1. The minimum atomic E-state index is -0.292. The van der Waals surface area contributed by atoms with Crippen molar-refractivity contribution in [3.05, 3.63) is 176 Å². The van der Waals surface area contributed by atoms with Gasteiger partial charge in [-0.2, -0.15) is 0 Å². The summed E-state index contributed by atoms with van der Waals surface area (Å²) >= 11 is 0. The number of aromatic nitrogens is 3. The van der Waals surface area contributed by atoms with Crippen LogP contribution in [0.15, 0.2) is 137 Å². The highest BCUT2D eigenvalue weighted by Gasteiger charge is 2.25. The molecule has 0 unspecified atom stereocenters. The summed E-state index contributed by atoms with van der Waals surface area (Å²) in [6.07, 6.45) is 16.3. The van der Waals surface area contributed by atoms with E-state index < -0.39 is 0 Å². The van der Waals surface area contributed by atoms with Crippen LogP contribution in [-0.4, -0.2) is 13.5 Å². The molecule has 0 fully saturated rings. The van der Waals surface area contributed by atoms with Gasteiger partial charge in [0.25, 0.3) is 0 Å². The zero-order valence-electron chi connectivity index (χ0n) is 32.6. The molecule has 0 radical (unpaired) electrons. The third kappa shape index (κ3) is 4.47. The molecule has 2 aliphatic carbocycles. The Morgan fingerprint density at radius 3 is 1.83 bits per heavy atom. The first kappa shape index (κ1) is 33.2. The van der Waals surface area contributed by atoms with Crippen molar-refractivity contribution >= 4 is 89.0 Å². The summed E-state index contributed by atoms with van der Waals surface area (Å²) in [6, 6.07) is 38.1. The van der Waals surface area contributed by atoms with E-state index >= 15 is 4.79 Å². The lowest BCUT2D eigenvalue weighted by Gasteiger charge is -2.22. The van der Waals surface area contributed by atoms with Gasteiger partial charge in [0.05, 0.1) is 38.8 Å². The Morgan fingerprint density at radius 2 is 1.12 bits per heavy atom. The zero-order chi connectivity index (χ0) is 39.0. The molecule has 0 amide bonds. The van der Waals surface area contributed by atoms with Crippen LogP contribution in [0.3, 0.4) is 0 Å². The second-order valence-corrected chi connectivity index (χ2v) is 17.1. The lowest BCUT2D eigenvalue weighted by atomic mass is 9.85. The third-order valence-corrected chi connectivity index (χ3v) is 12.8. The quantitative estimate of drug-likeness (QED) is 0.130. The molecule has 10 aromatic rings. The zero-order valence-corrected chi connectivity index (χ0v) is 32.6. The molecule has 4 heterocycles. The lowest BCUT2D eigenvalue weighted by molar-refractivity contribution is 0.591. The van der Waals surface area contributed by atoms with Crippen LogP contribution in [0.5, 0.6) is 0 Å². The molecule has 0 N–H and O–H groups in total. The molecule has 58 heavy (non-hydrogen) atoms. The number of aryl methyl sites for hydroxylation is 1. The van der Waals surface area contributed by atoms with Crippen LogP contribution in [0.25, 0.3) is 100 Å². The van der Waals surface area contributed by atoms with Crippen molar-refractivity contribution in [1.82, 2.24) is 13.5 Å². The summed E-state index contributed by atoms with van der Waals surface area (Å²) in [5.41, 5.74) is 12.9. The molecule has 5 heteroatoms. The van der Waals surface area contributed by atoms with Gasteiger partial charge in [0.1, 0.15) is 0 Å². The minimum absolute atomic E-state index is 0.0641. The van der Waals surface area contributed by atoms with E-state index in [0.717, 1.165) is 69.5 Å². The number of rotatable bonds is 2. The largest absolute Gasteiger partial charge is 0.309 e.